The summed E-state index contributed by atoms with van der Waals surface area (Å²) in [5, 5.41) is 10.7. The topological polar surface area (TPSA) is 49.8 Å². The van der Waals surface area contributed by atoms with E-state index in [4.69, 9.17) is 9.84 Å². The van der Waals surface area contributed by atoms with Gasteiger partial charge in [-0.15, -0.1) is 11.3 Å². The zero-order valence-corrected chi connectivity index (χ0v) is 12.4. The molecule has 4 nitrogen and oxygen atoms in total. The van der Waals surface area contributed by atoms with Gasteiger partial charge in [-0.2, -0.15) is 0 Å². The van der Waals surface area contributed by atoms with Crippen molar-refractivity contribution in [3.05, 3.63) is 21.9 Å². The number of carbonyl (C=O) groups is 1. The quantitative estimate of drug-likeness (QED) is 0.862. The molecule has 0 radical (unpaired) electrons. The molecule has 0 spiro atoms. The highest BCUT2D eigenvalue weighted by molar-refractivity contribution is 7.10. The summed E-state index contributed by atoms with van der Waals surface area (Å²) in [6.07, 6.45) is 2.65. The summed E-state index contributed by atoms with van der Waals surface area (Å²) in [5.74, 6) is 5.55. The van der Waals surface area contributed by atoms with Gasteiger partial charge in [0.15, 0.2) is 0 Å². The second-order valence-electron chi connectivity index (χ2n) is 4.83. The Hall–Kier alpha value is -1.35. The number of amides is 1. The van der Waals surface area contributed by atoms with Gasteiger partial charge in [-0.05, 0) is 36.3 Å². The van der Waals surface area contributed by atoms with Crippen molar-refractivity contribution in [2.75, 3.05) is 20.3 Å². The van der Waals surface area contributed by atoms with E-state index in [1.807, 2.05) is 11.4 Å². The van der Waals surface area contributed by atoms with E-state index in [1.165, 1.54) is 11.3 Å². The first-order chi connectivity index (χ1) is 9.70. The van der Waals surface area contributed by atoms with Crippen LogP contribution in [0.3, 0.4) is 0 Å². The fraction of sp³-hybridized carbons (Fsp3) is 0.533. The van der Waals surface area contributed by atoms with Crippen LogP contribution in [0.2, 0.25) is 0 Å². The summed E-state index contributed by atoms with van der Waals surface area (Å²) in [4.78, 5) is 14.8. The third kappa shape index (κ3) is 4.07. The van der Waals surface area contributed by atoms with Gasteiger partial charge in [0, 0.05) is 20.2 Å². The van der Waals surface area contributed by atoms with Crippen LogP contribution in [0.25, 0.3) is 0 Å². The maximum absolute atomic E-state index is 12.2. The molecule has 1 aliphatic rings. The minimum absolute atomic E-state index is 0.0545. The Labute approximate surface area is 123 Å². The fourth-order valence-electron chi connectivity index (χ4n) is 2.18. The van der Waals surface area contributed by atoms with E-state index in [2.05, 4.69) is 11.8 Å². The van der Waals surface area contributed by atoms with Crippen LogP contribution >= 0.6 is 11.3 Å². The SMILES string of the molecule is CN(Cc1csc(C#CCO)c1)C(=O)C1CCCCO1. The van der Waals surface area contributed by atoms with Crippen LogP contribution in [-0.2, 0) is 16.1 Å². The predicted molar refractivity (Wildman–Crippen MR) is 78.3 cm³/mol. The molecule has 1 unspecified atom stereocenters. The van der Waals surface area contributed by atoms with Gasteiger partial charge >= 0.3 is 0 Å². The predicted octanol–water partition coefficient (Wildman–Crippen LogP) is 1.62. The Morgan fingerprint density at radius 2 is 2.45 bits per heavy atom. The highest BCUT2D eigenvalue weighted by atomic mass is 32.1. The third-order valence-electron chi connectivity index (χ3n) is 3.20. The number of hydrogen-bond acceptors (Lipinski definition) is 4. The second-order valence-corrected chi connectivity index (χ2v) is 5.74. The van der Waals surface area contributed by atoms with Gasteiger partial charge in [0.1, 0.15) is 12.7 Å². The van der Waals surface area contributed by atoms with E-state index >= 15 is 0 Å². The number of ether oxygens (including phenoxy) is 1. The molecule has 1 aromatic heterocycles. The van der Waals surface area contributed by atoms with E-state index in [9.17, 15) is 4.79 Å². The number of hydrogen-bond donors (Lipinski definition) is 1. The van der Waals surface area contributed by atoms with Gasteiger partial charge in [0.05, 0.1) is 4.88 Å². The fourth-order valence-corrected chi connectivity index (χ4v) is 2.96. The Kier molecular flexibility index (Phi) is 5.60. The molecule has 108 valence electrons. The molecule has 0 aliphatic carbocycles. The largest absolute Gasteiger partial charge is 0.384 e. The Balaban J connectivity index is 1.91. The van der Waals surface area contributed by atoms with Crippen molar-refractivity contribution in [1.29, 1.82) is 0 Å². The van der Waals surface area contributed by atoms with Crippen molar-refractivity contribution in [1.82, 2.24) is 4.90 Å². The molecule has 0 aromatic carbocycles. The Morgan fingerprint density at radius 3 is 3.15 bits per heavy atom. The van der Waals surface area contributed by atoms with E-state index in [-0.39, 0.29) is 18.6 Å². The summed E-state index contributed by atoms with van der Waals surface area (Å²) in [5.41, 5.74) is 1.06. The molecule has 2 rings (SSSR count). The minimum Gasteiger partial charge on any atom is -0.384 e. The summed E-state index contributed by atoms with van der Waals surface area (Å²) in [7, 11) is 1.80. The average Bonchev–Trinajstić information content (AvgIpc) is 2.92. The molecule has 5 heteroatoms. The lowest BCUT2D eigenvalue weighted by Crippen LogP contribution is -2.39. The van der Waals surface area contributed by atoms with E-state index < -0.39 is 0 Å². The van der Waals surface area contributed by atoms with E-state index in [1.54, 1.807) is 11.9 Å². The maximum Gasteiger partial charge on any atom is 0.251 e. The first-order valence-electron chi connectivity index (χ1n) is 6.74. The number of thiophene rings is 1. The summed E-state index contributed by atoms with van der Waals surface area (Å²) in [6.45, 7) is 1.12. The minimum atomic E-state index is -0.277. The van der Waals surface area contributed by atoms with E-state index in [0.717, 1.165) is 29.7 Å². The lowest BCUT2D eigenvalue weighted by atomic mass is 10.1. The number of likely N-dealkylation sites (N-methyl/N-ethyl adjacent to an activating group) is 1. The Bertz CT molecular complexity index is 509. The van der Waals surface area contributed by atoms with Crippen molar-refractivity contribution in [2.24, 2.45) is 0 Å². The molecule has 1 fully saturated rings. The summed E-state index contributed by atoms with van der Waals surface area (Å²) < 4.78 is 5.52. The molecule has 0 saturated carbocycles. The third-order valence-corrected chi connectivity index (χ3v) is 4.09. The van der Waals surface area contributed by atoms with Crippen molar-refractivity contribution < 1.29 is 14.6 Å². The van der Waals surface area contributed by atoms with Gasteiger partial charge < -0.3 is 14.7 Å². The zero-order valence-electron chi connectivity index (χ0n) is 11.6. The zero-order chi connectivity index (χ0) is 14.4. The first kappa shape index (κ1) is 15.0. The standard InChI is InChI=1S/C15H19NO3S/c1-16(15(18)14-6-2-3-8-19-14)10-12-9-13(20-11-12)5-4-7-17/h9,11,14,17H,2-3,6-8,10H2,1H3. The van der Waals surface area contributed by atoms with Gasteiger partial charge in [-0.3, -0.25) is 4.79 Å². The molecular formula is C15H19NO3S. The summed E-state index contributed by atoms with van der Waals surface area (Å²) >= 11 is 1.52. The number of rotatable bonds is 3. The van der Waals surface area contributed by atoms with Crippen LogP contribution < -0.4 is 0 Å². The maximum atomic E-state index is 12.2. The molecule has 1 N–H and O–H groups in total. The van der Waals surface area contributed by atoms with Gasteiger partial charge in [0.2, 0.25) is 0 Å². The van der Waals surface area contributed by atoms with Crippen LogP contribution in [0.15, 0.2) is 11.4 Å². The van der Waals surface area contributed by atoms with Crippen LogP contribution in [-0.4, -0.2) is 42.3 Å². The van der Waals surface area contributed by atoms with Gasteiger partial charge in [-0.1, -0.05) is 11.8 Å². The van der Waals surface area contributed by atoms with Crippen molar-refractivity contribution in [2.45, 2.75) is 31.9 Å². The van der Waals surface area contributed by atoms with Crippen LogP contribution in [0.5, 0.6) is 0 Å². The highest BCUT2D eigenvalue weighted by Gasteiger charge is 2.24. The normalized spacial score (nSPS) is 18.2. The van der Waals surface area contributed by atoms with Crippen molar-refractivity contribution >= 4 is 17.2 Å². The molecule has 1 aliphatic heterocycles. The number of aliphatic hydroxyl groups excluding tert-OH is 1. The molecular weight excluding hydrogens is 274 g/mol. The van der Waals surface area contributed by atoms with Gasteiger partial charge in [-0.25, -0.2) is 0 Å². The molecule has 20 heavy (non-hydrogen) atoms. The number of aliphatic hydroxyl groups is 1. The van der Waals surface area contributed by atoms with Gasteiger partial charge in [0.25, 0.3) is 5.91 Å². The molecule has 1 aromatic rings. The smallest absolute Gasteiger partial charge is 0.251 e. The van der Waals surface area contributed by atoms with Crippen LogP contribution in [0.4, 0.5) is 0 Å². The monoisotopic (exact) mass is 293 g/mol. The molecule has 2 heterocycles. The highest BCUT2D eigenvalue weighted by Crippen LogP contribution is 2.18. The number of nitrogens with zero attached hydrogens (tertiary/aromatic N) is 1. The second kappa shape index (κ2) is 7.44. The van der Waals surface area contributed by atoms with Crippen LogP contribution in [0.1, 0.15) is 29.7 Å². The van der Waals surface area contributed by atoms with Crippen molar-refractivity contribution in [3.8, 4) is 11.8 Å². The van der Waals surface area contributed by atoms with E-state index in [0.29, 0.717) is 13.2 Å². The Morgan fingerprint density at radius 1 is 1.60 bits per heavy atom. The molecule has 1 amide bonds. The lowest BCUT2D eigenvalue weighted by molar-refractivity contribution is -0.145. The molecule has 1 atom stereocenters. The first-order valence-corrected chi connectivity index (χ1v) is 7.62. The number of carbonyl (C=O) groups excluding carboxylic acids is 1. The van der Waals surface area contributed by atoms with Crippen LogP contribution in [0, 0.1) is 11.8 Å². The molecule has 1 saturated heterocycles. The van der Waals surface area contributed by atoms with Crippen molar-refractivity contribution in [3.63, 3.8) is 0 Å². The summed E-state index contributed by atoms with van der Waals surface area (Å²) in [6, 6.07) is 1.96. The molecule has 0 bridgehead atoms. The average molecular weight is 293 g/mol. The lowest BCUT2D eigenvalue weighted by Gasteiger charge is -2.26.